The Morgan fingerprint density at radius 2 is 1.94 bits per heavy atom. The minimum absolute atomic E-state index is 0.707. The monoisotopic (exact) mass is 233 g/mol. The Kier molecular flexibility index (Phi) is 5.02. The summed E-state index contributed by atoms with van der Waals surface area (Å²) in [6.07, 6.45) is 6.42. The standard InChI is InChI=1S/C15H23NO/c16-10-8-14-6-1-2-7-15(14)12-17-11-9-13-4-3-5-13/h1-2,6-7,13H,3-5,8-12,16H2. The predicted octanol–water partition coefficient (Wildman–Crippen LogP) is 2.89. The van der Waals surface area contributed by atoms with E-state index in [2.05, 4.69) is 24.3 Å². The van der Waals surface area contributed by atoms with E-state index in [0.29, 0.717) is 6.54 Å². The molecule has 2 N–H and O–H groups in total. The lowest BCUT2D eigenvalue weighted by atomic mass is 9.83. The maximum atomic E-state index is 5.77. The van der Waals surface area contributed by atoms with Gasteiger partial charge in [-0.2, -0.15) is 0 Å². The van der Waals surface area contributed by atoms with Crippen LogP contribution in [0.15, 0.2) is 24.3 Å². The van der Waals surface area contributed by atoms with Crippen molar-refractivity contribution in [1.29, 1.82) is 0 Å². The molecule has 2 nitrogen and oxygen atoms in total. The topological polar surface area (TPSA) is 35.2 Å². The van der Waals surface area contributed by atoms with E-state index in [4.69, 9.17) is 10.5 Å². The first-order valence-electron chi connectivity index (χ1n) is 6.74. The molecule has 0 aromatic heterocycles. The zero-order chi connectivity index (χ0) is 11.9. The largest absolute Gasteiger partial charge is 0.377 e. The van der Waals surface area contributed by atoms with Crippen LogP contribution < -0.4 is 5.73 Å². The summed E-state index contributed by atoms with van der Waals surface area (Å²) in [6.45, 7) is 2.35. The normalized spacial score (nSPS) is 15.8. The first-order valence-corrected chi connectivity index (χ1v) is 6.74. The molecule has 1 aromatic rings. The quantitative estimate of drug-likeness (QED) is 0.735. The van der Waals surface area contributed by atoms with Crippen molar-refractivity contribution in [3.63, 3.8) is 0 Å². The van der Waals surface area contributed by atoms with Crippen molar-refractivity contribution in [2.75, 3.05) is 13.2 Å². The van der Waals surface area contributed by atoms with Gasteiger partial charge in [0.1, 0.15) is 0 Å². The second-order valence-electron chi connectivity index (χ2n) is 4.95. The van der Waals surface area contributed by atoms with Crippen molar-refractivity contribution >= 4 is 0 Å². The van der Waals surface area contributed by atoms with Crippen LogP contribution in [-0.2, 0) is 17.8 Å². The molecule has 1 fully saturated rings. The highest BCUT2D eigenvalue weighted by Gasteiger charge is 2.16. The molecule has 17 heavy (non-hydrogen) atoms. The van der Waals surface area contributed by atoms with Crippen molar-refractivity contribution in [2.24, 2.45) is 11.7 Å². The predicted molar refractivity (Wildman–Crippen MR) is 70.8 cm³/mol. The van der Waals surface area contributed by atoms with E-state index < -0.39 is 0 Å². The van der Waals surface area contributed by atoms with Gasteiger partial charge >= 0.3 is 0 Å². The van der Waals surface area contributed by atoms with Gasteiger partial charge in [0.25, 0.3) is 0 Å². The average Bonchev–Trinajstić information content (AvgIpc) is 2.29. The molecule has 0 atom stereocenters. The Labute approximate surface area is 104 Å². The Balaban J connectivity index is 1.73. The second-order valence-corrected chi connectivity index (χ2v) is 4.95. The number of rotatable bonds is 7. The van der Waals surface area contributed by atoms with E-state index in [9.17, 15) is 0 Å². The zero-order valence-electron chi connectivity index (χ0n) is 10.5. The summed E-state index contributed by atoms with van der Waals surface area (Å²) in [6, 6.07) is 8.44. The molecular formula is C15H23NO. The number of hydrogen-bond acceptors (Lipinski definition) is 2. The highest BCUT2D eigenvalue weighted by atomic mass is 16.5. The molecule has 0 heterocycles. The maximum absolute atomic E-state index is 5.77. The lowest BCUT2D eigenvalue weighted by Gasteiger charge is -2.24. The third kappa shape index (κ3) is 3.83. The Bertz CT molecular complexity index is 333. The first-order chi connectivity index (χ1) is 8.40. The van der Waals surface area contributed by atoms with Crippen LogP contribution in [0, 0.1) is 5.92 Å². The summed E-state index contributed by atoms with van der Waals surface area (Å²) in [5.74, 6) is 0.939. The molecular weight excluding hydrogens is 210 g/mol. The Morgan fingerprint density at radius 3 is 2.59 bits per heavy atom. The van der Waals surface area contributed by atoms with E-state index in [1.807, 2.05) is 0 Å². The molecule has 1 aliphatic rings. The van der Waals surface area contributed by atoms with Gasteiger partial charge < -0.3 is 10.5 Å². The molecule has 0 aliphatic heterocycles. The Hall–Kier alpha value is -0.860. The van der Waals surface area contributed by atoms with Gasteiger partial charge in [0.15, 0.2) is 0 Å². The lowest BCUT2D eigenvalue weighted by molar-refractivity contribution is 0.0946. The van der Waals surface area contributed by atoms with E-state index in [-0.39, 0.29) is 0 Å². The van der Waals surface area contributed by atoms with Crippen LogP contribution in [-0.4, -0.2) is 13.2 Å². The Morgan fingerprint density at radius 1 is 1.18 bits per heavy atom. The van der Waals surface area contributed by atoms with E-state index in [0.717, 1.165) is 25.6 Å². The third-order valence-electron chi connectivity index (χ3n) is 3.68. The van der Waals surface area contributed by atoms with Crippen molar-refractivity contribution in [3.8, 4) is 0 Å². The van der Waals surface area contributed by atoms with Crippen LogP contribution in [0.5, 0.6) is 0 Å². The number of ether oxygens (including phenoxy) is 1. The fourth-order valence-electron chi connectivity index (χ4n) is 2.31. The molecule has 0 amide bonds. The summed E-state index contributed by atoms with van der Waals surface area (Å²) < 4.78 is 5.77. The van der Waals surface area contributed by atoms with E-state index >= 15 is 0 Å². The highest BCUT2D eigenvalue weighted by molar-refractivity contribution is 5.26. The summed E-state index contributed by atoms with van der Waals surface area (Å²) in [5, 5.41) is 0. The average molecular weight is 233 g/mol. The summed E-state index contributed by atoms with van der Waals surface area (Å²) in [7, 11) is 0. The first kappa shape index (κ1) is 12.6. The van der Waals surface area contributed by atoms with Gasteiger partial charge in [-0.25, -0.2) is 0 Å². The van der Waals surface area contributed by atoms with Crippen LogP contribution in [0.3, 0.4) is 0 Å². The molecule has 0 bridgehead atoms. The number of benzene rings is 1. The van der Waals surface area contributed by atoms with Crippen molar-refractivity contribution in [2.45, 2.75) is 38.7 Å². The molecule has 0 spiro atoms. The van der Waals surface area contributed by atoms with Crippen molar-refractivity contribution < 1.29 is 4.74 Å². The highest BCUT2D eigenvalue weighted by Crippen LogP contribution is 2.29. The third-order valence-corrected chi connectivity index (χ3v) is 3.68. The van der Waals surface area contributed by atoms with E-state index in [1.54, 1.807) is 0 Å². The molecule has 1 saturated carbocycles. The number of nitrogens with two attached hydrogens (primary N) is 1. The minimum Gasteiger partial charge on any atom is -0.377 e. The van der Waals surface area contributed by atoms with Crippen LogP contribution in [0.4, 0.5) is 0 Å². The maximum Gasteiger partial charge on any atom is 0.0719 e. The van der Waals surface area contributed by atoms with Gasteiger partial charge in [0.2, 0.25) is 0 Å². The van der Waals surface area contributed by atoms with Gasteiger partial charge in [-0.05, 0) is 36.4 Å². The summed E-state index contributed by atoms with van der Waals surface area (Å²) in [4.78, 5) is 0. The molecule has 2 heteroatoms. The fraction of sp³-hybridized carbons (Fsp3) is 0.600. The molecule has 0 radical (unpaired) electrons. The fourth-order valence-corrected chi connectivity index (χ4v) is 2.31. The van der Waals surface area contributed by atoms with Crippen LogP contribution in [0.1, 0.15) is 36.8 Å². The van der Waals surface area contributed by atoms with Crippen molar-refractivity contribution in [3.05, 3.63) is 35.4 Å². The smallest absolute Gasteiger partial charge is 0.0719 e. The van der Waals surface area contributed by atoms with Crippen LogP contribution in [0.25, 0.3) is 0 Å². The van der Waals surface area contributed by atoms with Crippen LogP contribution >= 0.6 is 0 Å². The van der Waals surface area contributed by atoms with Gasteiger partial charge in [-0.15, -0.1) is 0 Å². The minimum atomic E-state index is 0.707. The van der Waals surface area contributed by atoms with Gasteiger partial charge in [0.05, 0.1) is 6.61 Å². The SMILES string of the molecule is NCCc1ccccc1COCCC1CCC1. The van der Waals surface area contributed by atoms with E-state index in [1.165, 1.54) is 36.8 Å². The van der Waals surface area contributed by atoms with Crippen LogP contribution in [0.2, 0.25) is 0 Å². The summed E-state index contributed by atoms with van der Waals surface area (Å²) >= 11 is 0. The molecule has 0 saturated heterocycles. The number of hydrogen-bond donors (Lipinski definition) is 1. The van der Waals surface area contributed by atoms with Gasteiger partial charge in [-0.3, -0.25) is 0 Å². The lowest BCUT2D eigenvalue weighted by Crippen LogP contribution is -2.13. The van der Waals surface area contributed by atoms with Crippen molar-refractivity contribution in [1.82, 2.24) is 0 Å². The zero-order valence-corrected chi connectivity index (χ0v) is 10.5. The molecule has 0 unspecified atom stereocenters. The second kappa shape index (κ2) is 6.77. The molecule has 1 aromatic carbocycles. The molecule has 2 rings (SSSR count). The molecule has 1 aliphatic carbocycles. The van der Waals surface area contributed by atoms with Gasteiger partial charge in [0, 0.05) is 6.61 Å². The molecule has 94 valence electrons. The van der Waals surface area contributed by atoms with Gasteiger partial charge in [-0.1, -0.05) is 43.5 Å². The summed E-state index contributed by atoms with van der Waals surface area (Å²) in [5.41, 5.74) is 8.24.